The van der Waals surface area contributed by atoms with Crippen molar-refractivity contribution in [3.05, 3.63) is 81.6 Å². The van der Waals surface area contributed by atoms with Crippen LogP contribution in [0.5, 0.6) is 0 Å². The summed E-state index contributed by atoms with van der Waals surface area (Å²) in [5, 5.41) is 0. The van der Waals surface area contributed by atoms with E-state index in [9.17, 15) is 9.59 Å². The molecule has 2 amide bonds. The summed E-state index contributed by atoms with van der Waals surface area (Å²) in [6.07, 6.45) is 0. The van der Waals surface area contributed by atoms with Crippen molar-refractivity contribution in [2.24, 2.45) is 0 Å². The molecule has 0 saturated carbocycles. The molecule has 1 aliphatic rings. The predicted octanol–water partition coefficient (Wildman–Crippen LogP) is 4.78. The second-order valence-electron chi connectivity index (χ2n) is 6.62. The Balaban J connectivity index is 1.39. The van der Waals surface area contributed by atoms with Gasteiger partial charge in [0.15, 0.2) is 0 Å². The van der Waals surface area contributed by atoms with Gasteiger partial charge in [-0.15, -0.1) is 11.3 Å². The summed E-state index contributed by atoms with van der Waals surface area (Å²) in [7, 11) is 0. The van der Waals surface area contributed by atoms with Crippen LogP contribution in [-0.2, 0) is 0 Å². The van der Waals surface area contributed by atoms with E-state index in [-0.39, 0.29) is 11.8 Å². The summed E-state index contributed by atoms with van der Waals surface area (Å²) in [5.41, 5.74) is 1.80. The first-order chi connectivity index (χ1) is 13.6. The van der Waals surface area contributed by atoms with Gasteiger partial charge in [-0.25, -0.2) is 0 Å². The molecule has 2 aromatic carbocycles. The van der Waals surface area contributed by atoms with Gasteiger partial charge in [0, 0.05) is 41.1 Å². The molecule has 0 N–H and O–H groups in total. The molecule has 0 spiro atoms. The first-order valence-electron chi connectivity index (χ1n) is 9.11. The van der Waals surface area contributed by atoms with Crippen molar-refractivity contribution in [1.82, 2.24) is 9.80 Å². The van der Waals surface area contributed by atoms with E-state index in [1.165, 1.54) is 11.3 Å². The second kappa shape index (κ2) is 8.29. The van der Waals surface area contributed by atoms with Crippen molar-refractivity contribution in [3.63, 3.8) is 0 Å². The topological polar surface area (TPSA) is 40.6 Å². The molecule has 0 radical (unpaired) electrons. The first-order valence-corrected chi connectivity index (χ1v) is 10.7. The van der Waals surface area contributed by atoms with Crippen LogP contribution in [0.25, 0.3) is 10.4 Å². The normalized spacial score (nSPS) is 14.2. The highest BCUT2D eigenvalue weighted by molar-refractivity contribution is 9.10. The number of carbonyl (C=O) groups is 2. The van der Waals surface area contributed by atoms with Crippen LogP contribution in [0.4, 0.5) is 0 Å². The van der Waals surface area contributed by atoms with Crippen molar-refractivity contribution in [3.8, 4) is 10.4 Å². The molecule has 28 heavy (non-hydrogen) atoms. The number of nitrogens with zero attached hydrogens (tertiary/aromatic N) is 2. The molecule has 0 unspecified atom stereocenters. The molecule has 1 saturated heterocycles. The van der Waals surface area contributed by atoms with E-state index in [0.717, 1.165) is 19.8 Å². The van der Waals surface area contributed by atoms with E-state index in [1.54, 1.807) is 0 Å². The third kappa shape index (κ3) is 4.03. The highest BCUT2D eigenvalue weighted by Gasteiger charge is 2.26. The number of piperazine rings is 1. The molecule has 0 atom stereocenters. The number of hydrogen-bond acceptors (Lipinski definition) is 3. The third-order valence-corrected chi connectivity index (χ3v) is 6.47. The Bertz CT molecular complexity index is 977. The molecule has 3 aromatic rings. The fourth-order valence-electron chi connectivity index (χ4n) is 3.25. The van der Waals surface area contributed by atoms with E-state index in [4.69, 9.17) is 0 Å². The highest BCUT2D eigenvalue weighted by atomic mass is 79.9. The van der Waals surface area contributed by atoms with Crippen LogP contribution in [0, 0.1) is 0 Å². The van der Waals surface area contributed by atoms with Gasteiger partial charge in [-0.05, 0) is 42.0 Å². The van der Waals surface area contributed by atoms with Gasteiger partial charge in [-0.2, -0.15) is 0 Å². The Morgan fingerprint density at radius 2 is 1.36 bits per heavy atom. The number of benzene rings is 2. The molecular formula is C22H19BrN2O2S. The number of thiophene rings is 1. The van der Waals surface area contributed by atoms with Crippen LogP contribution >= 0.6 is 27.3 Å². The number of carbonyl (C=O) groups excluding carboxylic acids is 2. The molecule has 1 aliphatic heterocycles. The Hall–Kier alpha value is -2.44. The quantitative estimate of drug-likeness (QED) is 0.571. The van der Waals surface area contributed by atoms with Crippen LogP contribution in [0.1, 0.15) is 20.0 Å². The van der Waals surface area contributed by atoms with Gasteiger partial charge in [0.05, 0.1) is 4.88 Å². The molecule has 4 rings (SSSR count). The molecule has 0 aliphatic carbocycles. The minimum absolute atomic E-state index is 0.0290. The lowest BCUT2D eigenvalue weighted by Gasteiger charge is -2.34. The van der Waals surface area contributed by atoms with Crippen molar-refractivity contribution < 1.29 is 9.59 Å². The van der Waals surface area contributed by atoms with Gasteiger partial charge < -0.3 is 9.80 Å². The highest BCUT2D eigenvalue weighted by Crippen LogP contribution is 2.30. The number of hydrogen-bond donors (Lipinski definition) is 0. The van der Waals surface area contributed by atoms with Gasteiger partial charge in [0.1, 0.15) is 0 Å². The predicted molar refractivity (Wildman–Crippen MR) is 116 cm³/mol. The fraction of sp³-hybridized carbons (Fsp3) is 0.182. The van der Waals surface area contributed by atoms with Crippen molar-refractivity contribution in [2.45, 2.75) is 0 Å². The monoisotopic (exact) mass is 454 g/mol. The Labute approximate surface area is 176 Å². The van der Waals surface area contributed by atoms with Crippen LogP contribution in [0.2, 0.25) is 0 Å². The van der Waals surface area contributed by atoms with Gasteiger partial charge in [0.2, 0.25) is 0 Å². The lowest BCUT2D eigenvalue weighted by molar-refractivity contribution is 0.0538. The lowest BCUT2D eigenvalue weighted by Crippen LogP contribution is -2.50. The first kappa shape index (κ1) is 18.9. The number of rotatable bonds is 3. The maximum Gasteiger partial charge on any atom is 0.264 e. The average Bonchev–Trinajstić information content (AvgIpc) is 3.24. The van der Waals surface area contributed by atoms with Crippen molar-refractivity contribution >= 4 is 39.1 Å². The fourth-order valence-corrected chi connectivity index (χ4v) is 4.50. The van der Waals surface area contributed by atoms with Crippen LogP contribution < -0.4 is 0 Å². The minimum Gasteiger partial charge on any atom is -0.335 e. The van der Waals surface area contributed by atoms with Gasteiger partial charge >= 0.3 is 0 Å². The Morgan fingerprint density at radius 3 is 2.00 bits per heavy atom. The Morgan fingerprint density at radius 1 is 0.750 bits per heavy atom. The smallest absolute Gasteiger partial charge is 0.264 e. The molecule has 2 heterocycles. The summed E-state index contributed by atoms with van der Waals surface area (Å²) >= 11 is 4.95. The van der Waals surface area contributed by atoms with Crippen molar-refractivity contribution in [2.75, 3.05) is 26.2 Å². The number of halogens is 1. The largest absolute Gasteiger partial charge is 0.335 e. The summed E-state index contributed by atoms with van der Waals surface area (Å²) in [5.74, 6) is 0.0709. The average molecular weight is 455 g/mol. The van der Waals surface area contributed by atoms with E-state index in [2.05, 4.69) is 15.9 Å². The van der Waals surface area contributed by atoms with Gasteiger partial charge in [-0.3, -0.25) is 9.59 Å². The van der Waals surface area contributed by atoms with Crippen LogP contribution in [0.3, 0.4) is 0 Å². The second-order valence-corrected chi connectivity index (χ2v) is 8.62. The Kier molecular flexibility index (Phi) is 5.59. The minimum atomic E-state index is 0.0290. The summed E-state index contributed by atoms with van der Waals surface area (Å²) in [6.45, 7) is 2.24. The van der Waals surface area contributed by atoms with Crippen LogP contribution in [-0.4, -0.2) is 47.8 Å². The molecule has 0 bridgehead atoms. The lowest BCUT2D eigenvalue weighted by atomic mass is 10.2. The maximum atomic E-state index is 12.9. The van der Waals surface area contributed by atoms with Crippen LogP contribution in [0.15, 0.2) is 71.2 Å². The van der Waals surface area contributed by atoms with Crippen molar-refractivity contribution in [1.29, 1.82) is 0 Å². The van der Waals surface area contributed by atoms with E-state index in [0.29, 0.717) is 31.7 Å². The molecule has 6 heteroatoms. The molecule has 1 aromatic heterocycles. The summed E-state index contributed by atoms with van der Waals surface area (Å²) < 4.78 is 1.03. The summed E-state index contributed by atoms with van der Waals surface area (Å²) in [4.78, 5) is 30.9. The van der Waals surface area contributed by atoms with Gasteiger partial charge in [-0.1, -0.05) is 46.3 Å². The zero-order valence-corrected chi connectivity index (χ0v) is 17.6. The maximum absolute atomic E-state index is 12.9. The third-order valence-electron chi connectivity index (χ3n) is 4.82. The molecule has 142 valence electrons. The molecule has 4 nitrogen and oxygen atoms in total. The standard InChI is InChI=1S/C22H19BrN2O2S/c23-18-8-6-16(7-9-18)19-10-11-20(28-19)22(27)25-14-12-24(13-15-25)21(26)17-4-2-1-3-5-17/h1-11H,12-15H2. The molecular weight excluding hydrogens is 436 g/mol. The summed E-state index contributed by atoms with van der Waals surface area (Å²) in [6, 6.07) is 21.3. The number of amides is 2. The van der Waals surface area contributed by atoms with E-state index >= 15 is 0 Å². The SMILES string of the molecule is O=C(c1ccccc1)N1CCN(C(=O)c2ccc(-c3ccc(Br)cc3)s2)CC1. The van der Waals surface area contributed by atoms with E-state index in [1.807, 2.05) is 76.5 Å². The van der Waals surface area contributed by atoms with E-state index < -0.39 is 0 Å². The molecule has 1 fully saturated rings. The van der Waals surface area contributed by atoms with Gasteiger partial charge in [0.25, 0.3) is 11.8 Å². The zero-order valence-electron chi connectivity index (χ0n) is 15.2. The zero-order chi connectivity index (χ0) is 19.5.